The minimum absolute atomic E-state index is 0.00264. The maximum atomic E-state index is 12.7. The lowest BCUT2D eigenvalue weighted by molar-refractivity contribution is -0.118. The number of hydrogen-bond donors (Lipinski definition) is 1. The van der Waals surface area contributed by atoms with Gasteiger partial charge in [0.25, 0.3) is 0 Å². The molecule has 124 valence electrons. The Morgan fingerprint density at radius 1 is 1.43 bits per heavy atom. The third kappa shape index (κ3) is 4.09. The first-order valence-electron chi connectivity index (χ1n) is 6.56. The van der Waals surface area contributed by atoms with Gasteiger partial charge in [0.05, 0.1) is 23.7 Å². The van der Waals surface area contributed by atoms with Crippen molar-refractivity contribution in [3.05, 3.63) is 30.6 Å². The van der Waals surface area contributed by atoms with Crippen LogP contribution < -0.4 is 5.73 Å². The molecule has 10 nitrogen and oxygen atoms in total. The van der Waals surface area contributed by atoms with E-state index in [1.807, 2.05) is 0 Å². The molecule has 0 atom stereocenters. The Morgan fingerprint density at radius 2 is 2.22 bits per heavy atom. The van der Waals surface area contributed by atoms with Crippen LogP contribution in [0, 0.1) is 0 Å². The summed E-state index contributed by atoms with van der Waals surface area (Å²) in [6, 6.07) is 6.04. The largest absolute Gasteiger partial charge is 0.383 e. The van der Waals surface area contributed by atoms with Crippen molar-refractivity contribution < 1.29 is 17.9 Å². The summed E-state index contributed by atoms with van der Waals surface area (Å²) in [5, 5.41) is 10.7. The van der Waals surface area contributed by atoms with Crippen molar-refractivity contribution in [1.29, 1.82) is 0 Å². The summed E-state index contributed by atoms with van der Waals surface area (Å²) in [5.74, 6) is -0.749. The van der Waals surface area contributed by atoms with E-state index in [2.05, 4.69) is 15.5 Å². The summed E-state index contributed by atoms with van der Waals surface area (Å²) < 4.78 is 32.6. The van der Waals surface area contributed by atoms with Crippen LogP contribution in [0.3, 0.4) is 0 Å². The summed E-state index contributed by atoms with van der Waals surface area (Å²) in [6.07, 6.45) is 1.35. The molecule has 0 radical (unpaired) electrons. The topological polar surface area (TPSA) is 133 Å². The molecule has 2 rings (SSSR count). The van der Waals surface area contributed by atoms with Gasteiger partial charge in [0.2, 0.25) is 15.9 Å². The van der Waals surface area contributed by atoms with Gasteiger partial charge in [0.15, 0.2) is 0 Å². The maximum Gasteiger partial charge on any atom is 0.243 e. The van der Waals surface area contributed by atoms with Crippen molar-refractivity contribution in [1.82, 2.24) is 24.5 Å². The lowest BCUT2D eigenvalue weighted by atomic mass is 10.3. The number of carbonyl (C=O) groups is 1. The van der Waals surface area contributed by atoms with Crippen molar-refractivity contribution >= 4 is 15.9 Å². The van der Waals surface area contributed by atoms with Crippen LogP contribution in [0.1, 0.15) is 0 Å². The summed E-state index contributed by atoms with van der Waals surface area (Å²) in [4.78, 5) is 11.2. The highest BCUT2D eigenvalue weighted by Gasteiger charge is 2.26. The highest BCUT2D eigenvalue weighted by atomic mass is 32.2. The first-order chi connectivity index (χ1) is 10.9. The Labute approximate surface area is 132 Å². The van der Waals surface area contributed by atoms with E-state index in [4.69, 9.17) is 10.5 Å². The maximum absolute atomic E-state index is 12.7. The number of benzene rings is 1. The van der Waals surface area contributed by atoms with Gasteiger partial charge in [0.1, 0.15) is 6.33 Å². The zero-order chi connectivity index (χ0) is 16.9. The van der Waals surface area contributed by atoms with Crippen LogP contribution in [0.4, 0.5) is 0 Å². The van der Waals surface area contributed by atoms with Crippen LogP contribution in [0.25, 0.3) is 5.69 Å². The van der Waals surface area contributed by atoms with Gasteiger partial charge in [-0.25, -0.2) is 13.1 Å². The van der Waals surface area contributed by atoms with E-state index in [1.54, 1.807) is 12.1 Å². The molecule has 2 N–H and O–H groups in total. The fourth-order valence-electron chi connectivity index (χ4n) is 1.87. The molecule has 0 bridgehead atoms. The number of nitrogens with zero attached hydrogens (tertiary/aromatic N) is 5. The number of ether oxygens (including phenoxy) is 1. The van der Waals surface area contributed by atoms with Gasteiger partial charge in [-0.05, 0) is 28.6 Å². The van der Waals surface area contributed by atoms with Crippen LogP contribution in [-0.4, -0.2) is 65.6 Å². The Bertz CT molecular complexity index is 762. The number of sulfonamides is 1. The lowest BCUT2D eigenvalue weighted by Crippen LogP contribution is -2.40. The van der Waals surface area contributed by atoms with Gasteiger partial charge >= 0.3 is 0 Å². The van der Waals surface area contributed by atoms with E-state index in [-0.39, 0.29) is 18.0 Å². The summed E-state index contributed by atoms with van der Waals surface area (Å²) >= 11 is 0. The molecule has 1 aromatic carbocycles. The van der Waals surface area contributed by atoms with E-state index in [0.717, 1.165) is 4.31 Å². The average Bonchev–Trinajstić information content (AvgIpc) is 3.05. The molecule has 0 saturated carbocycles. The summed E-state index contributed by atoms with van der Waals surface area (Å²) in [6.45, 7) is -0.281. The number of rotatable bonds is 8. The van der Waals surface area contributed by atoms with Gasteiger partial charge in [-0.15, -0.1) is 5.10 Å². The van der Waals surface area contributed by atoms with Gasteiger partial charge in [-0.2, -0.15) is 4.31 Å². The van der Waals surface area contributed by atoms with E-state index in [0.29, 0.717) is 5.69 Å². The van der Waals surface area contributed by atoms with Crippen LogP contribution in [0.5, 0.6) is 0 Å². The molecule has 0 aliphatic rings. The fourth-order valence-corrected chi connectivity index (χ4v) is 3.30. The molecule has 1 heterocycles. The van der Waals surface area contributed by atoms with E-state index < -0.39 is 22.5 Å². The van der Waals surface area contributed by atoms with Crippen LogP contribution in [0.2, 0.25) is 0 Å². The number of methoxy groups -OCH3 is 1. The quantitative estimate of drug-likeness (QED) is 0.637. The molecule has 0 saturated heterocycles. The number of tetrazole rings is 1. The molecule has 23 heavy (non-hydrogen) atoms. The second-order valence-corrected chi connectivity index (χ2v) is 6.49. The highest BCUT2D eigenvalue weighted by molar-refractivity contribution is 7.89. The Hall–Kier alpha value is -2.37. The SMILES string of the molecule is COCCN(CC(N)=O)S(=O)(=O)c1cccc(-n2cnnn2)c1. The second-order valence-electron chi connectivity index (χ2n) is 4.55. The van der Waals surface area contributed by atoms with Gasteiger partial charge in [-0.3, -0.25) is 4.79 Å². The fraction of sp³-hybridized carbons (Fsp3) is 0.333. The molecule has 2 aromatic rings. The zero-order valence-corrected chi connectivity index (χ0v) is 13.2. The van der Waals surface area contributed by atoms with Crippen LogP contribution >= 0.6 is 0 Å². The standard InChI is InChI=1S/C12H16N6O4S/c1-22-6-5-17(8-12(13)19)23(20,21)11-4-2-3-10(7-11)18-9-14-15-16-18/h2-4,7,9H,5-6,8H2,1H3,(H2,13,19). The smallest absolute Gasteiger partial charge is 0.243 e. The number of aromatic nitrogens is 4. The normalized spacial score (nSPS) is 11.7. The molecule has 0 unspecified atom stereocenters. The number of hydrogen-bond acceptors (Lipinski definition) is 7. The number of primary amides is 1. The first kappa shape index (κ1) is 17.0. The minimum Gasteiger partial charge on any atom is -0.383 e. The number of nitrogens with two attached hydrogens (primary N) is 1. The minimum atomic E-state index is -3.91. The first-order valence-corrected chi connectivity index (χ1v) is 8.00. The number of carbonyl (C=O) groups excluding carboxylic acids is 1. The predicted octanol–water partition coefficient (Wildman–Crippen LogP) is -1.22. The van der Waals surface area contributed by atoms with E-state index in [9.17, 15) is 13.2 Å². The third-order valence-electron chi connectivity index (χ3n) is 2.95. The molecule has 11 heteroatoms. The third-order valence-corrected chi connectivity index (χ3v) is 4.79. The van der Waals surface area contributed by atoms with Crippen molar-refractivity contribution in [3.63, 3.8) is 0 Å². The van der Waals surface area contributed by atoms with Gasteiger partial charge in [-0.1, -0.05) is 6.07 Å². The van der Waals surface area contributed by atoms with Crippen molar-refractivity contribution in [3.8, 4) is 5.69 Å². The molecule has 1 amide bonds. The highest BCUT2D eigenvalue weighted by Crippen LogP contribution is 2.18. The van der Waals surface area contributed by atoms with Crippen molar-refractivity contribution in [2.75, 3.05) is 26.8 Å². The van der Waals surface area contributed by atoms with E-state index >= 15 is 0 Å². The van der Waals surface area contributed by atoms with Gasteiger partial charge in [0, 0.05) is 13.7 Å². The average molecular weight is 340 g/mol. The predicted molar refractivity (Wildman–Crippen MR) is 79.0 cm³/mol. The van der Waals surface area contributed by atoms with E-state index in [1.165, 1.54) is 30.3 Å². The second kappa shape index (κ2) is 7.26. The number of amides is 1. The summed E-state index contributed by atoms with van der Waals surface area (Å²) in [7, 11) is -2.47. The van der Waals surface area contributed by atoms with Crippen molar-refractivity contribution in [2.24, 2.45) is 5.73 Å². The molecular formula is C12H16N6O4S. The van der Waals surface area contributed by atoms with Gasteiger partial charge < -0.3 is 10.5 Å². The molecule has 0 aliphatic heterocycles. The molecular weight excluding hydrogens is 324 g/mol. The Kier molecular flexibility index (Phi) is 5.36. The Balaban J connectivity index is 2.36. The lowest BCUT2D eigenvalue weighted by Gasteiger charge is -2.20. The Morgan fingerprint density at radius 3 is 2.83 bits per heavy atom. The molecule has 0 spiro atoms. The van der Waals surface area contributed by atoms with Crippen molar-refractivity contribution in [2.45, 2.75) is 4.90 Å². The zero-order valence-electron chi connectivity index (χ0n) is 12.4. The van der Waals surface area contributed by atoms with Crippen LogP contribution in [0.15, 0.2) is 35.5 Å². The molecule has 0 aliphatic carbocycles. The molecule has 1 aromatic heterocycles. The molecule has 0 fully saturated rings. The monoisotopic (exact) mass is 340 g/mol. The summed E-state index contributed by atoms with van der Waals surface area (Å²) in [5.41, 5.74) is 5.60. The van der Waals surface area contributed by atoms with Crippen LogP contribution in [-0.2, 0) is 19.6 Å².